The number of hydrogen-bond donors (Lipinski definition) is 0. The zero-order valence-corrected chi connectivity index (χ0v) is 21.9. The molecule has 0 saturated carbocycles. The third-order valence-corrected chi connectivity index (χ3v) is 10.1. The summed E-state index contributed by atoms with van der Waals surface area (Å²) in [4.78, 5) is 20.7. The molecule has 2 fully saturated rings. The Bertz CT molecular complexity index is 1320. The predicted molar refractivity (Wildman–Crippen MR) is 139 cm³/mol. The van der Waals surface area contributed by atoms with E-state index >= 15 is 0 Å². The van der Waals surface area contributed by atoms with Gasteiger partial charge in [-0.1, -0.05) is 41.1 Å². The number of aryl methyl sites for hydroxylation is 1. The summed E-state index contributed by atoms with van der Waals surface area (Å²) in [6.07, 6.45) is 3.07. The summed E-state index contributed by atoms with van der Waals surface area (Å²) >= 11 is 7.76. The number of nitrogens with zero attached hydrogens (tertiary/aromatic N) is 3. The lowest BCUT2D eigenvalue weighted by molar-refractivity contribution is -0.123. The number of sulfonamides is 1. The van der Waals surface area contributed by atoms with Crippen molar-refractivity contribution >= 4 is 54.2 Å². The molecule has 0 N–H and O–H groups in total. The maximum Gasteiger partial charge on any atom is 0.243 e. The molecule has 10 heteroatoms. The molecule has 2 aliphatic rings. The van der Waals surface area contributed by atoms with Crippen LogP contribution in [0.5, 0.6) is 0 Å². The van der Waals surface area contributed by atoms with E-state index in [9.17, 15) is 13.2 Å². The van der Waals surface area contributed by atoms with Crippen LogP contribution in [0, 0.1) is 12.8 Å². The number of rotatable bonds is 6. The fraction of sp³-hybridized carbons (Fsp3) is 0.440. The molecule has 2 atom stereocenters. The molecule has 35 heavy (non-hydrogen) atoms. The number of aromatic nitrogens is 1. The third kappa shape index (κ3) is 4.97. The minimum Gasteiger partial charge on any atom is -0.376 e. The number of piperidine rings is 1. The lowest BCUT2D eigenvalue weighted by Gasteiger charge is -2.34. The standard InChI is InChI=1S/C25H28ClN3O4S2/c1-17-21(26)11-12-22-23(17)27-25(34-22)29(16-19-8-6-14-33-19)24(30)18-7-5-13-28(15-18)35(31,32)20-9-3-2-4-10-20/h2-4,9-12,18-19H,5-8,13-16H2,1H3. The van der Waals surface area contributed by atoms with Crippen molar-refractivity contribution in [3.63, 3.8) is 0 Å². The molecule has 5 rings (SSSR count). The number of carbonyl (C=O) groups excluding carboxylic acids is 1. The molecule has 0 aliphatic carbocycles. The van der Waals surface area contributed by atoms with Gasteiger partial charge in [0.15, 0.2) is 5.13 Å². The number of amides is 1. The van der Waals surface area contributed by atoms with Crippen LogP contribution in [-0.2, 0) is 19.6 Å². The van der Waals surface area contributed by atoms with E-state index in [1.807, 2.05) is 19.1 Å². The summed E-state index contributed by atoms with van der Waals surface area (Å²) in [7, 11) is -3.66. The molecule has 2 saturated heterocycles. The third-order valence-electron chi connectivity index (χ3n) is 6.76. The second-order valence-electron chi connectivity index (χ2n) is 9.11. The average molecular weight is 534 g/mol. The van der Waals surface area contributed by atoms with E-state index in [1.54, 1.807) is 35.2 Å². The van der Waals surface area contributed by atoms with Crippen LogP contribution in [-0.4, -0.2) is 56.0 Å². The Labute approximate surface area is 214 Å². The number of hydrogen-bond acceptors (Lipinski definition) is 6. The Morgan fingerprint density at radius 3 is 2.74 bits per heavy atom. The smallest absolute Gasteiger partial charge is 0.243 e. The first-order chi connectivity index (χ1) is 16.8. The number of anilines is 1. The van der Waals surface area contributed by atoms with Crippen LogP contribution < -0.4 is 4.90 Å². The molecule has 7 nitrogen and oxygen atoms in total. The van der Waals surface area contributed by atoms with Gasteiger partial charge in [0.1, 0.15) is 0 Å². The highest BCUT2D eigenvalue weighted by Crippen LogP contribution is 2.35. The van der Waals surface area contributed by atoms with Gasteiger partial charge < -0.3 is 4.74 Å². The highest BCUT2D eigenvalue weighted by molar-refractivity contribution is 7.89. The molecule has 0 spiro atoms. The molecular formula is C25H28ClN3O4S2. The molecule has 0 bridgehead atoms. The van der Waals surface area contributed by atoms with Crippen LogP contribution in [0.2, 0.25) is 5.02 Å². The van der Waals surface area contributed by atoms with Crippen molar-refractivity contribution in [2.24, 2.45) is 5.92 Å². The molecule has 3 aromatic rings. The SMILES string of the molecule is Cc1c(Cl)ccc2sc(N(CC3CCCO3)C(=O)C3CCCN(S(=O)(=O)c4ccccc4)C3)nc12. The molecule has 1 amide bonds. The highest BCUT2D eigenvalue weighted by atomic mass is 35.5. The van der Waals surface area contributed by atoms with E-state index in [0.717, 1.165) is 28.6 Å². The molecule has 0 radical (unpaired) electrons. The number of ether oxygens (including phenoxy) is 1. The van der Waals surface area contributed by atoms with Gasteiger partial charge in [-0.3, -0.25) is 9.69 Å². The Morgan fingerprint density at radius 1 is 1.20 bits per heavy atom. The van der Waals surface area contributed by atoms with Gasteiger partial charge in [-0.15, -0.1) is 0 Å². The van der Waals surface area contributed by atoms with Crippen molar-refractivity contribution < 1.29 is 17.9 Å². The zero-order valence-electron chi connectivity index (χ0n) is 19.5. The van der Waals surface area contributed by atoms with Crippen LogP contribution in [0.25, 0.3) is 10.2 Å². The second-order valence-corrected chi connectivity index (χ2v) is 12.5. The molecule has 3 heterocycles. The van der Waals surface area contributed by atoms with Gasteiger partial charge in [-0.2, -0.15) is 4.31 Å². The monoisotopic (exact) mass is 533 g/mol. The lowest BCUT2D eigenvalue weighted by atomic mass is 9.98. The van der Waals surface area contributed by atoms with Gasteiger partial charge in [0.05, 0.1) is 33.7 Å². The summed E-state index contributed by atoms with van der Waals surface area (Å²) < 4.78 is 34.7. The Morgan fingerprint density at radius 2 is 2.00 bits per heavy atom. The number of fused-ring (bicyclic) bond motifs is 1. The van der Waals surface area contributed by atoms with Gasteiger partial charge >= 0.3 is 0 Å². The minimum absolute atomic E-state index is 0.0524. The van der Waals surface area contributed by atoms with Crippen molar-refractivity contribution in [3.8, 4) is 0 Å². The highest BCUT2D eigenvalue weighted by Gasteiger charge is 2.37. The molecule has 1 aromatic heterocycles. The van der Waals surface area contributed by atoms with Crippen molar-refractivity contribution in [3.05, 3.63) is 53.1 Å². The van der Waals surface area contributed by atoms with E-state index in [4.69, 9.17) is 21.3 Å². The van der Waals surface area contributed by atoms with E-state index in [2.05, 4.69) is 0 Å². The summed E-state index contributed by atoms with van der Waals surface area (Å²) in [5, 5.41) is 1.24. The zero-order chi connectivity index (χ0) is 24.6. The Hall–Kier alpha value is -2.04. The summed E-state index contributed by atoms with van der Waals surface area (Å²) in [5.41, 5.74) is 1.67. The summed E-state index contributed by atoms with van der Waals surface area (Å²) in [5.74, 6) is -0.545. The fourth-order valence-electron chi connectivity index (χ4n) is 4.78. The molecule has 2 unspecified atom stereocenters. The molecular weight excluding hydrogens is 506 g/mol. The predicted octanol–water partition coefficient (Wildman–Crippen LogP) is 4.87. The van der Waals surface area contributed by atoms with Crippen LogP contribution >= 0.6 is 22.9 Å². The second kappa shape index (κ2) is 10.1. The van der Waals surface area contributed by atoms with Crippen molar-refractivity contribution in [2.45, 2.75) is 43.6 Å². The van der Waals surface area contributed by atoms with E-state index in [1.165, 1.54) is 15.6 Å². The quantitative estimate of drug-likeness (QED) is 0.451. The maximum atomic E-state index is 13.9. The van der Waals surface area contributed by atoms with E-state index in [0.29, 0.717) is 42.7 Å². The Kier molecular flexibility index (Phi) is 7.14. The topological polar surface area (TPSA) is 79.8 Å². The van der Waals surface area contributed by atoms with Crippen molar-refractivity contribution in [2.75, 3.05) is 31.1 Å². The van der Waals surface area contributed by atoms with Crippen LogP contribution in [0.4, 0.5) is 5.13 Å². The summed E-state index contributed by atoms with van der Waals surface area (Å²) in [6.45, 7) is 3.59. The molecule has 2 aromatic carbocycles. The first kappa shape index (κ1) is 24.6. The fourth-order valence-corrected chi connectivity index (χ4v) is 7.52. The van der Waals surface area contributed by atoms with Crippen LogP contribution in [0.1, 0.15) is 31.2 Å². The largest absolute Gasteiger partial charge is 0.376 e. The normalized spacial score (nSPS) is 21.4. The number of carbonyl (C=O) groups is 1. The van der Waals surface area contributed by atoms with Gasteiger partial charge in [0.25, 0.3) is 0 Å². The first-order valence-electron chi connectivity index (χ1n) is 11.9. The van der Waals surface area contributed by atoms with Gasteiger partial charge in [-0.05, 0) is 62.4 Å². The number of halogens is 1. The van der Waals surface area contributed by atoms with E-state index in [-0.39, 0.29) is 23.5 Å². The van der Waals surface area contributed by atoms with Crippen molar-refractivity contribution in [1.29, 1.82) is 0 Å². The maximum absolute atomic E-state index is 13.9. The number of benzene rings is 2. The molecule has 2 aliphatic heterocycles. The van der Waals surface area contributed by atoms with Crippen LogP contribution in [0.3, 0.4) is 0 Å². The van der Waals surface area contributed by atoms with Crippen molar-refractivity contribution in [1.82, 2.24) is 9.29 Å². The Balaban J connectivity index is 1.44. The van der Waals surface area contributed by atoms with Gasteiger partial charge in [0.2, 0.25) is 15.9 Å². The average Bonchev–Trinajstić information content (AvgIpc) is 3.55. The van der Waals surface area contributed by atoms with Crippen LogP contribution in [0.15, 0.2) is 47.4 Å². The number of thiazole rings is 1. The summed E-state index contributed by atoms with van der Waals surface area (Å²) in [6, 6.07) is 12.2. The van der Waals surface area contributed by atoms with E-state index < -0.39 is 15.9 Å². The van der Waals surface area contributed by atoms with Gasteiger partial charge in [-0.25, -0.2) is 13.4 Å². The van der Waals surface area contributed by atoms with Gasteiger partial charge in [0, 0.05) is 24.7 Å². The lowest BCUT2D eigenvalue weighted by Crippen LogP contribution is -2.48. The molecule has 186 valence electrons. The first-order valence-corrected chi connectivity index (χ1v) is 14.5. The minimum atomic E-state index is -3.66.